The summed E-state index contributed by atoms with van der Waals surface area (Å²) in [6.45, 7) is 3.84. The fraction of sp³-hybridized carbons (Fsp3) is 0.278. The summed E-state index contributed by atoms with van der Waals surface area (Å²) in [7, 11) is 0. The van der Waals surface area contributed by atoms with Crippen LogP contribution in [0.25, 0.3) is 0 Å². The van der Waals surface area contributed by atoms with Gasteiger partial charge in [0.1, 0.15) is 0 Å². The Hall–Kier alpha value is -2.29. The number of carbonyl (C=O) groups excluding carboxylic acids is 1. The second-order valence-corrected chi connectivity index (χ2v) is 5.54. The Balaban J connectivity index is 1.76. The van der Waals surface area contributed by atoms with Crippen molar-refractivity contribution in [1.82, 2.24) is 0 Å². The summed E-state index contributed by atoms with van der Waals surface area (Å²) in [4.78, 5) is 22.5. The minimum atomic E-state index is -0.460. The molecule has 1 saturated carbocycles. The van der Waals surface area contributed by atoms with Crippen molar-refractivity contribution in [3.05, 3.63) is 64.7 Å². The molecule has 1 aliphatic rings. The normalized spacial score (nSPS) is 13.8. The monoisotopic (exact) mass is 282 g/mol. The molecule has 108 valence electrons. The number of hydrogen-bond acceptors (Lipinski definition) is 3. The Morgan fingerprint density at radius 1 is 1.00 bits per heavy atom. The molecular weight excluding hydrogens is 264 g/mol. The summed E-state index contributed by atoms with van der Waals surface area (Å²) < 4.78 is 0. The van der Waals surface area contributed by atoms with Crippen molar-refractivity contribution < 1.29 is 14.6 Å². The third-order valence-electron chi connectivity index (χ3n) is 3.83. The number of carbonyl (C=O) groups is 1. The van der Waals surface area contributed by atoms with Crippen molar-refractivity contribution in [1.29, 1.82) is 0 Å². The first-order chi connectivity index (χ1) is 10.2. The predicted octanol–water partition coefficient (Wildman–Crippen LogP) is 4.33. The van der Waals surface area contributed by atoms with Crippen molar-refractivity contribution in [2.45, 2.75) is 32.6 Å². The predicted molar refractivity (Wildman–Crippen MR) is 80.4 cm³/mol. The van der Waals surface area contributed by atoms with Crippen molar-refractivity contribution in [3.63, 3.8) is 0 Å². The van der Waals surface area contributed by atoms with Gasteiger partial charge in [-0.3, -0.25) is 4.89 Å². The molecule has 0 N–H and O–H groups in total. The lowest BCUT2D eigenvalue weighted by molar-refractivity contribution is -0.150. The third-order valence-corrected chi connectivity index (χ3v) is 3.83. The zero-order valence-corrected chi connectivity index (χ0v) is 12.3. The molecule has 3 heteroatoms. The molecule has 1 aliphatic carbocycles. The van der Waals surface area contributed by atoms with E-state index in [1.54, 1.807) is 6.07 Å². The summed E-state index contributed by atoms with van der Waals surface area (Å²) in [6.07, 6.45) is 2.34. The van der Waals surface area contributed by atoms with Crippen LogP contribution in [0, 0.1) is 13.8 Å². The van der Waals surface area contributed by atoms with Crippen LogP contribution in [0.15, 0.2) is 42.5 Å². The van der Waals surface area contributed by atoms with E-state index >= 15 is 0 Å². The maximum absolute atomic E-state index is 12.1. The molecule has 0 atom stereocenters. The van der Waals surface area contributed by atoms with E-state index in [9.17, 15) is 4.79 Å². The van der Waals surface area contributed by atoms with Crippen molar-refractivity contribution in [2.24, 2.45) is 0 Å². The highest BCUT2D eigenvalue weighted by Crippen LogP contribution is 2.45. The smallest absolute Gasteiger partial charge is 0.286 e. The van der Waals surface area contributed by atoms with Gasteiger partial charge in [-0.05, 0) is 49.8 Å². The summed E-state index contributed by atoms with van der Waals surface area (Å²) in [6, 6.07) is 13.3. The highest BCUT2D eigenvalue weighted by Gasteiger charge is 2.28. The van der Waals surface area contributed by atoms with E-state index < -0.39 is 5.97 Å². The highest BCUT2D eigenvalue weighted by atomic mass is 17.2. The lowest BCUT2D eigenvalue weighted by atomic mass is 10.1. The Morgan fingerprint density at radius 2 is 1.71 bits per heavy atom. The fourth-order valence-corrected chi connectivity index (χ4v) is 2.43. The molecule has 0 heterocycles. The van der Waals surface area contributed by atoms with Crippen LogP contribution < -0.4 is 4.89 Å². The summed E-state index contributed by atoms with van der Waals surface area (Å²) in [5.74, 6) is 0.761. The second-order valence-electron chi connectivity index (χ2n) is 5.54. The Bertz CT molecular complexity index is 672. The molecule has 3 nitrogen and oxygen atoms in total. The van der Waals surface area contributed by atoms with Gasteiger partial charge < -0.3 is 0 Å². The van der Waals surface area contributed by atoms with E-state index in [0.717, 1.165) is 16.7 Å². The first-order valence-corrected chi connectivity index (χ1v) is 7.21. The number of hydrogen-bond donors (Lipinski definition) is 0. The van der Waals surface area contributed by atoms with Gasteiger partial charge in [0, 0.05) is 5.56 Å². The van der Waals surface area contributed by atoms with E-state index in [1.165, 1.54) is 12.8 Å². The molecule has 0 amide bonds. The van der Waals surface area contributed by atoms with Crippen LogP contribution in [-0.4, -0.2) is 5.97 Å². The fourth-order valence-electron chi connectivity index (χ4n) is 2.43. The van der Waals surface area contributed by atoms with E-state index in [1.807, 2.05) is 50.2 Å². The molecule has 2 aromatic rings. The third kappa shape index (κ3) is 2.92. The molecular formula is C18H18O3. The zero-order valence-electron chi connectivity index (χ0n) is 12.3. The van der Waals surface area contributed by atoms with Gasteiger partial charge in [0.15, 0.2) is 5.75 Å². The first kappa shape index (κ1) is 13.7. The highest BCUT2D eigenvalue weighted by molar-refractivity contribution is 5.90. The van der Waals surface area contributed by atoms with Crippen molar-refractivity contribution >= 4 is 5.97 Å². The van der Waals surface area contributed by atoms with Gasteiger partial charge >= 0.3 is 5.97 Å². The largest absolute Gasteiger partial charge is 0.386 e. The Morgan fingerprint density at radius 3 is 2.43 bits per heavy atom. The first-order valence-electron chi connectivity index (χ1n) is 7.21. The van der Waals surface area contributed by atoms with E-state index in [2.05, 4.69) is 0 Å². The van der Waals surface area contributed by atoms with Crippen LogP contribution in [0.2, 0.25) is 0 Å². The molecule has 2 aromatic carbocycles. The van der Waals surface area contributed by atoms with Gasteiger partial charge in [0.25, 0.3) is 0 Å². The molecule has 0 saturated heterocycles. The number of aryl methyl sites for hydroxylation is 2. The van der Waals surface area contributed by atoms with Crippen molar-refractivity contribution in [3.8, 4) is 5.75 Å². The lowest BCUT2D eigenvalue weighted by Gasteiger charge is -2.12. The van der Waals surface area contributed by atoms with Crippen LogP contribution in [-0.2, 0) is 4.89 Å². The maximum Gasteiger partial charge on any atom is 0.386 e. The Labute approximate surface area is 124 Å². The molecule has 0 aromatic heterocycles. The topological polar surface area (TPSA) is 35.5 Å². The van der Waals surface area contributed by atoms with Crippen LogP contribution >= 0.6 is 0 Å². The molecule has 0 bridgehead atoms. The van der Waals surface area contributed by atoms with E-state index in [4.69, 9.17) is 9.78 Å². The molecule has 0 aliphatic heterocycles. The minimum Gasteiger partial charge on any atom is -0.286 e. The van der Waals surface area contributed by atoms with Gasteiger partial charge in [-0.1, -0.05) is 36.4 Å². The number of benzene rings is 2. The molecule has 0 spiro atoms. The zero-order chi connectivity index (χ0) is 14.8. The van der Waals surface area contributed by atoms with E-state index in [-0.39, 0.29) is 0 Å². The van der Waals surface area contributed by atoms with Crippen LogP contribution in [0.5, 0.6) is 5.75 Å². The summed E-state index contributed by atoms with van der Waals surface area (Å²) in [5, 5.41) is 0. The molecule has 21 heavy (non-hydrogen) atoms. The molecule has 0 radical (unpaired) electrons. The summed E-state index contributed by atoms with van der Waals surface area (Å²) in [5.41, 5.74) is 3.52. The standard InChI is InChI=1S/C18H18O3/c1-12-6-3-4-8-15(12)18(19)21-20-17-13(2)7-5-9-16(17)14-10-11-14/h3-9,14H,10-11H2,1-2H3. The minimum absolute atomic E-state index is 0.460. The van der Waals surface area contributed by atoms with Gasteiger partial charge in [0.2, 0.25) is 0 Å². The van der Waals surface area contributed by atoms with Gasteiger partial charge in [0.05, 0.1) is 5.56 Å². The molecule has 1 fully saturated rings. The maximum atomic E-state index is 12.1. The molecule has 3 rings (SSSR count). The summed E-state index contributed by atoms with van der Waals surface area (Å²) >= 11 is 0. The molecule has 0 unspecified atom stereocenters. The second kappa shape index (κ2) is 5.60. The SMILES string of the molecule is Cc1ccccc1C(=O)OOc1c(C)cccc1C1CC1. The van der Waals surface area contributed by atoms with Gasteiger partial charge in [-0.25, -0.2) is 9.68 Å². The van der Waals surface area contributed by atoms with Crippen LogP contribution in [0.4, 0.5) is 0 Å². The quantitative estimate of drug-likeness (QED) is 0.618. The van der Waals surface area contributed by atoms with Crippen molar-refractivity contribution in [2.75, 3.05) is 0 Å². The van der Waals surface area contributed by atoms with Crippen LogP contribution in [0.3, 0.4) is 0 Å². The van der Waals surface area contributed by atoms with E-state index in [0.29, 0.717) is 17.2 Å². The van der Waals surface area contributed by atoms with Gasteiger partial charge in [-0.15, -0.1) is 0 Å². The van der Waals surface area contributed by atoms with Crippen LogP contribution in [0.1, 0.15) is 45.8 Å². The Kier molecular flexibility index (Phi) is 3.65. The average Bonchev–Trinajstić information content (AvgIpc) is 3.30. The average molecular weight is 282 g/mol. The number of para-hydroxylation sites is 1. The lowest BCUT2D eigenvalue weighted by Crippen LogP contribution is -2.11. The van der Waals surface area contributed by atoms with Gasteiger partial charge in [-0.2, -0.15) is 0 Å². The number of rotatable bonds is 4.